The van der Waals surface area contributed by atoms with E-state index < -0.39 is 5.91 Å². The van der Waals surface area contributed by atoms with Crippen molar-refractivity contribution >= 4 is 11.6 Å². The number of primary amides is 1. The summed E-state index contributed by atoms with van der Waals surface area (Å²) in [6, 6.07) is 8.02. The van der Waals surface area contributed by atoms with Crippen molar-refractivity contribution in [2.24, 2.45) is 17.4 Å². The molecule has 19 heavy (non-hydrogen) atoms. The molecule has 0 spiro atoms. The fraction of sp³-hybridized carbons (Fsp3) is 0.500. The number of hydrogen-bond donors (Lipinski definition) is 3. The lowest BCUT2D eigenvalue weighted by Gasteiger charge is -2.20. The minimum Gasteiger partial charge on any atom is -0.484 e. The number of hydrogen-bond acceptors (Lipinski definition) is 4. The van der Waals surface area contributed by atoms with E-state index >= 15 is 0 Å². The van der Waals surface area contributed by atoms with Gasteiger partial charge < -0.3 is 21.5 Å². The second-order valence-electron chi connectivity index (χ2n) is 4.96. The summed E-state index contributed by atoms with van der Waals surface area (Å²) in [6.07, 6.45) is 3.61. The topological polar surface area (TPSA) is 90.4 Å². The zero-order valence-corrected chi connectivity index (χ0v) is 11.0. The molecule has 104 valence electrons. The molecule has 1 aliphatic rings. The summed E-state index contributed by atoms with van der Waals surface area (Å²) in [5.74, 6) is 0.732. The highest BCUT2D eigenvalue weighted by Crippen LogP contribution is 2.28. The third-order valence-corrected chi connectivity index (χ3v) is 3.55. The van der Waals surface area contributed by atoms with Crippen LogP contribution in [-0.4, -0.2) is 25.1 Å². The van der Waals surface area contributed by atoms with Crippen LogP contribution in [0.5, 0.6) is 5.75 Å². The Morgan fingerprint density at radius 3 is 2.68 bits per heavy atom. The summed E-state index contributed by atoms with van der Waals surface area (Å²) in [6.45, 7) is 0.641. The Hall–Kier alpha value is -1.75. The number of rotatable bonds is 6. The lowest BCUT2D eigenvalue weighted by atomic mass is 10.0. The molecule has 5 N–H and O–H groups in total. The van der Waals surface area contributed by atoms with E-state index in [1.54, 1.807) is 0 Å². The highest BCUT2D eigenvalue weighted by Gasteiger charge is 2.25. The van der Waals surface area contributed by atoms with Gasteiger partial charge in [-0.05, 0) is 49.6 Å². The van der Waals surface area contributed by atoms with Crippen LogP contribution in [0.1, 0.15) is 19.3 Å². The van der Waals surface area contributed by atoms with Crippen LogP contribution >= 0.6 is 0 Å². The van der Waals surface area contributed by atoms with E-state index in [4.69, 9.17) is 16.2 Å². The molecule has 5 nitrogen and oxygen atoms in total. The lowest BCUT2D eigenvalue weighted by Crippen LogP contribution is -2.29. The summed E-state index contributed by atoms with van der Waals surface area (Å²) in [4.78, 5) is 10.6. The third kappa shape index (κ3) is 3.86. The normalized spacial score (nSPS) is 22.2. The number of carbonyl (C=O) groups is 1. The van der Waals surface area contributed by atoms with Gasteiger partial charge in [0.1, 0.15) is 5.75 Å². The molecule has 1 aromatic rings. The molecule has 2 rings (SSSR count). The first-order valence-corrected chi connectivity index (χ1v) is 6.67. The zero-order chi connectivity index (χ0) is 13.7. The highest BCUT2D eigenvalue weighted by atomic mass is 16.5. The fourth-order valence-corrected chi connectivity index (χ4v) is 2.52. The van der Waals surface area contributed by atoms with Gasteiger partial charge in [0.05, 0.1) is 0 Å². The Bertz CT molecular complexity index is 419. The maximum absolute atomic E-state index is 10.6. The molecule has 0 aliphatic heterocycles. The average molecular weight is 263 g/mol. The predicted octanol–water partition coefficient (Wildman–Crippen LogP) is 1.09. The van der Waals surface area contributed by atoms with Crippen molar-refractivity contribution in [3.8, 4) is 5.75 Å². The first kappa shape index (κ1) is 13.7. The van der Waals surface area contributed by atoms with Gasteiger partial charge in [-0.3, -0.25) is 4.79 Å². The van der Waals surface area contributed by atoms with Gasteiger partial charge in [0.15, 0.2) is 6.61 Å². The van der Waals surface area contributed by atoms with Gasteiger partial charge in [-0.1, -0.05) is 6.42 Å². The van der Waals surface area contributed by atoms with Crippen molar-refractivity contribution in [1.29, 1.82) is 0 Å². The van der Waals surface area contributed by atoms with E-state index in [1.807, 2.05) is 24.3 Å². The maximum Gasteiger partial charge on any atom is 0.255 e. The number of benzene rings is 1. The van der Waals surface area contributed by atoms with Crippen molar-refractivity contribution in [1.82, 2.24) is 0 Å². The fourth-order valence-electron chi connectivity index (χ4n) is 2.52. The van der Waals surface area contributed by atoms with Crippen LogP contribution in [0, 0.1) is 5.92 Å². The molecule has 5 heteroatoms. The molecule has 1 aliphatic carbocycles. The summed E-state index contributed by atoms with van der Waals surface area (Å²) in [7, 11) is 0. The average Bonchev–Trinajstić information content (AvgIpc) is 2.85. The summed E-state index contributed by atoms with van der Waals surface area (Å²) < 4.78 is 5.21. The van der Waals surface area contributed by atoms with Crippen molar-refractivity contribution < 1.29 is 9.53 Å². The standard InChI is InChI=1S/C14H21N3O2/c15-8-10-2-1-3-13(10)17-11-4-6-12(7-5-11)19-9-14(16)18/h4-7,10,13,17H,1-3,8-9,15H2,(H2,16,18). The van der Waals surface area contributed by atoms with Crippen molar-refractivity contribution in [2.45, 2.75) is 25.3 Å². The van der Waals surface area contributed by atoms with Crippen LogP contribution in [0.25, 0.3) is 0 Å². The SMILES string of the molecule is NCC1CCCC1Nc1ccc(OCC(N)=O)cc1. The van der Waals surface area contributed by atoms with E-state index in [9.17, 15) is 4.79 Å². The van der Waals surface area contributed by atoms with Gasteiger partial charge in [0.25, 0.3) is 5.91 Å². The Morgan fingerprint density at radius 2 is 2.05 bits per heavy atom. The Balaban J connectivity index is 1.89. The molecule has 0 saturated heterocycles. The quantitative estimate of drug-likeness (QED) is 0.716. The number of carbonyl (C=O) groups excluding carboxylic acids is 1. The van der Waals surface area contributed by atoms with Crippen molar-refractivity contribution in [2.75, 3.05) is 18.5 Å². The van der Waals surface area contributed by atoms with Crippen LogP contribution in [0.15, 0.2) is 24.3 Å². The van der Waals surface area contributed by atoms with Crippen LogP contribution in [0.2, 0.25) is 0 Å². The molecule has 1 amide bonds. The Morgan fingerprint density at radius 1 is 1.32 bits per heavy atom. The molecular formula is C14H21N3O2. The monoisotopic (exact) mass is 263 g/mol. The van der Waals surface area contributed by atoms with E-state index in [0.717, 1.165) is 12.2 Å². The highest BCUT2D eigenvalue weighted by molar-refractivity contribution is 5.75. The smallest absolute Gasteiger partial charge is 0.255 e. The Labute approximate surface area is 113 Å². The molecule has 0 bridgehead atoms. The molecule has 0 aromatic heterocycles. The molecule has 2 unspecified atom stereocenters. The first-order chi connectivity index (χ1) is 9.19. The van der Waals surface area contributed by atoms with E-state index in [-0.39, 0.29) is 6.61 Å². The number of nitrogens with two attached hydrogens (primary N) is 2. The number of nitrogens with one attached hydrogen (secondary N) is 1. The van der Waals surface area contributed by atoms with Gasteiger partial charge in [-0.2, -0.15) is 0 Å². The molecule has 1 aromatic carbocycles. The van der Waals surface area contributed by atoms with Crippen LogP contribution in [0.3, 0.4) is 0 Å². The molecule has 1 saturated carbocycles. The number of ether oxygens (including phenoxy) is 1. The van der Waals surface area contributed by atoms with Gasteiger partial charge >= 0.3 is 0 Å². The van der Waals surface area contributed by atoms with Crippen molar-refractivity contribution in [3.63, 3.8) is 0 Å². The van der Waals surface area contributed by atoms with Crippen molar-refractivity contribution in [3.05, 3.63) is 24.3 Å². The molecule has 1 fully saturated rings. The van der Waals surface area contributed by atoms with Gasteiger partial charge in [0.2, 0.25) is 0 Å². The first-order valence-electron chi connectivity index (χ1n) is 6.67. The molecule has 0 radical (unpaired) electrons. The van der Waals surface area contributed by atoms with Gasteiger partial charge in [-0.15, -0.1) is 0 Å². The summed E-state index contributed by atoms with van der Waals surface area (Å²) in [5.41, 5.74) is 11.8. The van der Waals surface area contributed by atoms with E-state index in [2.05, 4.69) is 5.32 Å². The summed E-state index contributed by atoms with van der Waals surface area (Å²) >= 11 is 0. The minimum absolute atomic E-state index is 0.0926. The van der Waals surface area contributed by atoms with E-state index in [0.29, 0.717) is 17.7 Å². The molecule has 0 heterocycles. The third-order valence-electron chi connectivity index (χ3n) is 3.55. The second kappa shape index (κ2) is 6.43. The van der Waals surface area contributed by atoms with Crippen LogP contribution in [0.4, 0.5) is 5.69 Å². The minimum atomic E-state index is -0.473. The summed E-state index contributed by atoms with van der Waals surface area (Å²) in [5, 5.41) is 3.51. The van der Waals surface area contributed by atoms with E-state index in [1.165, 1.54) is 19.3 Å². The maximum atomic E-state index is 10.6. The Kier molecular flexibility index (Phi) is 4.63. The van der Waals surface area contributed by atoms with Gasteiger partial charge in [0, 0.05) is 11.7 Å². The molecular weight excluding hydrogens is 242 g/mol. The largest absolute Gasteiger partial charge is 0.484 e. The predicted molar refractivity (Wildman–Crippen MR) is 74.9 cm³/mol. The van der Waals surface area contributed by atoms with Gasteiger partial charge in [-0.25, -0.2) is 0 Å². The zero-order valence-electron chi connectivity index (χ0n) is 11.0. The molecule has 2 atom stereocenters. The number of amides is 1. The van der Waals surface area contributed by atoms with Crippen LogP contribution in [-0.2, 0) is 4.79 Å². The lowest BCUT2D eigenvalue weighted by molar-refractivity contribution is -0.119. The second-order valence-corrected chi connectivity index (χ2v) is 4.96. The van der Waals surface area contributed by atoms with Crippen LogP contribution < -0.4 is 21.5 Å². The number of anilines is 1.